The maximum Gasteiger partial charge on any atom is 0.414 e. The Morgan fingerprint density at radius 3 is 2.24 bits per heavy atom. The quantitative estimate of drug-likeness (QED) is 0.752. The summed E-state index contributed by atoms with van der Waals surface area (Å²) in [6, 6.07) is 9.16. The molecule has 0 bridgehead atoms. The van der Waals surface area contributed by atoms with Gasteiger partial charge >= 0.3 is 6.09 Å². The van der Waals surface area contributed by atoms with E-state index < -0.39 is 5.60 Å². The van der Waals surface area contributed by atoms with Crippen LogP contribution in [0, 0.1) is 0 Å². The second-order valence-electron chi connectivity index (χ2n) is 5.06. The highest BCUT2D eigenvalue weighted by atomic mass is 28.1. The van der Waals surface area contributed by atoms with Crippen molar-refractivity contribution in [2.45, 2.75) is 32.4 Å². The third kappa shape index (κ3) is 4.23. The molecular formula is C13H21NO2Si. The Balaban J connectivity index is 2.74. The highest BCUT2D eigenvalue weighted by Crippen LogP contribution is 2.17. The first-order valence-electron chi connectivity index (χ1n) is 5.89. The van der Waals surface area contributed by atoms with Gasteiger partial charge in [0.25, 0.3) is 0 Å². The highest BCUT2D eigenvalue weighted by Gasteiger charge is 2.20. The van der Waals surface area contributed by atoms with E-state index in [9.17, 15) is 4.79 Å². The predicted molar refractivity (Wildman–Crippen MR) is 74.7 cm³/mol. The maximum absolute atomic E-state index is 11.8. The van der Waals surface area contributed by atoms with Crippen molar-refractivity contribution in [3.05, 3.63) is 29.8 Å². The Hall–Kier alpha value is -1.29. The Kier molecular flexibility index (Phi) is 4.34. The number of benzene rings is 1. The van der Waals surface area contributed by atoms with E-state index in [1.54, 1.807) is 7.05 Å². The lowest BCUT2D eigenvalue weighted by atomic mass is 10.2. The summed E-state index contributed by atoms with van der Waals surface area (Å²) in [4.78, 5) is 13.4. The molecule has 0 spiro atoms. The minimum absolute atomic E-state index is 0.323. The zero-order chi connectivity index (χ0) is 13.1. The molecule has 17 heavy (non-hydrogen) atoms. The molecule has 1 aromatic carbocycles. The lowest BCUT2D eigenvalue weighted by Gasteiger charge is -2.24. The molecule has 0 heterocycles. The van der Waals surface area contributed by atoms with Gasteiger partial charge in [-0.3, -0.25) is 4.90 Å². The standard InChI is InChI=1S/C13H21NO2Si/c1-13(2,3)16-12(15)14(4)11-7-5-10(9-17)6-8-11/h5-8H,9H2,1-4,17H3. The number of ether oxygens (including phenoxy) is 1. The number of carbonyl (C=O) groups is 1. The molecule has 0 aliphatic rings. The van der Waals surface area contributed by atoms with Gasteiger partial charge in [0.2, 0.25) is 0 Å². The topological polar surface area (TPSA) is 29.5 Å². The van der Waals surface area contributed by atoms with Gasteiger partial charge in [0.15, 0.2) is 0 Å². The SMILES string of the molecule is CN(C(=O)OC(C)(C)C)c1ccc(C[SiH3])cc1. The second kappa shape index (κ2) is 5.36. The minimum Gasteiger partial charge on any atom is -0.443 e. The molecule has 3 nitrogen and oxygen atoms in total. The van der Waals surface area contributed by atoms with Gasteiger partial charge in [0, 0.05) is 23.0 Å². The summed E-state index contributed by atoms with van der Waals surface area (Å²) in [6.45, 7) is 5.59. The molecule has 94 valence electrons. The molecule has 0 unspecified atom stereocenters. The average Bonchev–Trinajstić information content (AvgIpc) is 2.26. The molecule has 0 saturated carbocycles. The summed E-state index contributed by atoms with van der Waals surface area (Å²) in [5.74, 6) is 0. The third-order valence-electron chi connectivity index (χ3n) is 2.40. The molecule has 0 saturated heterocycles. The number of nitrogens with zero attached hydrogens (tertiary/aromatic N) is 1. The van der Waals surface area contributed by atoms with Crippen molar-refractivity contribution in [1.29, 1.82) is 0 Å². The molecule has 0 fully saturated rings. The van der Waals surface area contributed by atoms with Crippen molar-refractivity contribution < 1.29 is 9.53 Å². The van der Waals surface area contributed by atoms with Gasteiger partial charge in [0.1, 0.15) is 5.60 Å². The Bertz CT molecular complexity index is 381. The van der Waals surface area contributed by atoms with E-state index in [-0.39, 0.29) is 6.09 Å². The molecule has 0 N–H and O–H groups in total. The van der Waals surface area contributed by atoms with Crippen LogP contribution in [0.5, 0.6) is 0 Å². The fourth-order valence-electron chi connectivity index (χ4n) is 1.39. The molecule has 0 aliphatic carbocycles. The summed E-state index contributed by atoms with van der Waals surface area (Å²) in [5.41, 5.74) is 1.72. The summed E-state index contributed by atoms with van der Waals surface area (Å²) in [7, 11) is 2.88. The van der Waals surface area contributed by atoms with Crippen molar-refractivity contribution >= 4 is 22.0 Å². The van der Waals surface area contributed by atoms with Crippen LogP contribution < -0.4 is 4.90 Å². The number of hydrogen-bond donors (Lipinski definition) is 0. The van der Waals surface area contributed by atoms with Gasteiger partial charge in [-0.2, -0.15) is 0 Å². The van der Waals surface area contributed by atoms with E-state index in [0.717, 1.165) is 22.0 Å². The van der Waals surface area contributed by atoms with Gasteiger partial charge < -0.3 is 4.74 Å². The number of anilines is 1. The van der Waals surface area contributed by atoms with E-state index in [4.69, 9.17) is 4.74 Å². The van der Waals surface area contributed by atoms with E-state index in [2.05, 4.69) is 12.1 Å². The van der Waals surface area contributed by atoms with Crippen LogP contribution in [-0.2, 0) is 10.8 Å². The van der Waals surface area contributed by atoms with Gasteiger partial charge in [-0.15, -0.1) is 0 Å². The number of rotatable bonds is 2. The summed E-state index contributed by atoms with van der Waals surface area (Å²) >= 11 is 0. The zero-order valence-corrected chi connectivity index (χ0v) is 13.3. The van der Waals surface area contributed by atoms with Gasteiger partial charge in [-0.05, 0) is 38.9 Å². The molecule has 1 aromatic rings. The summed E-state index contributed by atoms with van der Waals surface area (Å²) in [5, 5.41) is 0. The van der Waals surface area contributed by atoms with Crippen LogP contribution in [0.15, 0.2) is 24.3 Å². The van der Waals surface area contributed by atoms with Crippen molar-refractivity contribution in [3.8, 4) is 0 Å². The first kappa shape index (κ1) is 13.8. The number of carbonyl (C=O) groups excluding carboxylic acids is 1. The zero-order valence-electron chi connectivity index (χ0n) is 11.3. The van der Waals surface area contributed by atoms with Gasteiger partial charge in [-0.1, -0.05) is 17.7 Å². The summed E-state index contributed by atoms with van der Waals surface area (Å²) in [6.07, 6.45) is -0.323. The lowest BCUT2D eigenvalue weighted by molar-refractivity contribution is 0.0589. The number of hydrogen-bond acceptors (Lipinski definition) is 2. The van der Waals surface area contributed by atoms with Crippen LogP contribution in [0.2, 0.25) is 0 Å². The fraction of sp³-hybridized carbons (Fsp3) is 0.462. The van der Waals surface area contributed by atoms with E-state index in [1.807, 2.05) is 32.9 Å². The third-order valence-corrected chi connectivity index (χ3v) is 3.22. The van der Waals surface area contributed by atoms with Gasteiger partial charge in [0.05, 0.1) is 0 Å². The Morgan fingerprint density at radius 1 is 1.29 bits per heavy atom. The lowest BCUT2D eigenvalue weighted by Crippen LogP contribution is -2.34. The van der Waals surface area contributed by atoms with Crippen molar-refractivity contribution in [3.63, 3.8) is 0 Å². The maximum atomic E-state index is 11.8. The Morgan fingerprint density at radius 2 is 1.82 bits per heavy atom. The smallest absolute Gasteiger partial charge is 0.414 e. The number of amides is 1. The molecule has 1 rings (SSSR count). The van der Waals surface area contributed by atoms with E-state index in [0.29, 0.717) is 0 Å². The molecule has 1 amide bonds. The van der Waals surface area contributed by atoms with Crippen LogP contribution in [0.25, 0.3) is 0 Å². The van der Waals surface area contributed by atoms with E-state index in [1.165, 1.54) is 10.5 Å². The highest BCUT2D eigenvalue weighted by molar-refractivity contribution is 6.08. The van der Waals surface area contributed by atoms with Crippen molar-refractivity contribution in [2.75, 3.05) is 11.9 Å². The minimum atomic E-state index is -0.458. The van der Waals surface area contributed by atoms with Crippen molar-refractivity contribution in [1.82, 2.24) is 0 Å². The van der Waals surface area contributed by atoms with E-state index >= 15 is 0 Å². The molecule has 0 aliphatic heterocycles. The first-order chi connectivity index (χ1) is 7.83. The first-order valence-corrected chi connectivity index (χ1v) is 7.30. The molecular weight excluding hydrogens is 230 g/mol. The van der Waals surface area contributed by atoms with Gasteiger partial charge in [-0.25, -0.2) is 4.79 Å². The Labute approximate surface area is 106 Å². The molecule has 4 heteroatoms. The molecule has 0 radical (unpaired) electrons. The second-order valence-corrected chi connectivity index (χ2v) is 5.77. The average molecular weight is 251 g/mol. The van der Waals surface area contributed by atoms with Crippen LogP contribution in [0.4, 0.5) is 10.5 Å². The normalized spacial score (nSPS) is 11.3. The molecule has 0 aromatic heterocycles. The fourth-order valence-corrected chi connectivity index (χ4v) is 1.86. The summed E-state index contributed by atoms with van der Waals surface area (Å²) < 4.78 is 5.30. The largest absolute Gasteiger partial charge is 0.443 e. The predicted octanol–water partition coefficient (Wildman–Crippen LogP) is 1.92. The van der Waals surface area contributed by atoms with Crippen LogP contribution in [0.1, 0.15) is 26.3 Å². The van der Waals surface area contributed by atoms with Crippen LogP contribution >= 0.6 is 0 Å². The monoisotopic (exact) mass is 251 g/mol. The van der Waals surface area contributed by atoms with Crippen LogP contribution in [0.3, 0.4) is 0 Å². The van der Waals surface area contributed by atoms with Crippen molar-refractivity contribution in [2.24, 2.45) is 0 Å². The molecule has 0 atom stereocenters. The van der Waals surface area contributed by atoms with Crippen LogP contribution in [-0.4, -0.2) is 29.0 Å².